The maximum atomic E-state index is 11.5. The van der Waals surface area contributed by atoms with Gasteiger partial charge in [0.25, 0.3) is 0 Å². The van der Waals surface area contributed by atoms with Gasteiger partial charge in [-0.05, 0) is 13.8 Å². The van der Waals surface area contributed by atoms with Crippen molar-refractivity contribution in [2.24, 2.45) is 0 Å². The highest BCUT2D eigenvalue weighted by molar-refractivity contribution is 7.11. The van der Waals surface area contributed by atoms with Crippen LogP contribution in [0.4, 0.5) is 5.82 Å². The van der Waals surface area contributed by atoms with Gasteiger partial charge in [-0.3, -0.25) is 0 Å². The number of ether oxygens (including phenoxy) is 1. The van der Waals surface area contributed by atoms with E-state index in [1.165, 1.54) is 7.11 Å². The molecule has 2 aromatic rings. The Balaban J connectivity index is 2.34. The summed E-state index contributed by atoms with van der Waals surface area (Å²) < 4.78 is 6.41. The Morgan fingerprint density at radius 1 is 1.56 bits per heavy atom. The number of nitrogen functional groups attached to an aromatic ring is 1. The minimum atomic E-state index is -0.519. The van der Waals surface area contributed by atoms with Crippen LogP contribution in [0.5, 0.6) is 0 Å². The molecule has 0 atom stereocenters. The molecular formula is C11H14N4O2S. The Labute approximate surface area is 108 Å². The van der Waals surface area contributed by atoms with Crippen LogP contribution in [0.2, 0.25) is 0 Å². The van der Waals surface area contributed by atoms with E-state index in [2.05, 4.69) is 14.7 Å². The SMILES string of the molecule is COC(=O)c1nc(C)n(Cc2cnc(C)s2)c1N. The molecule has 0 bridgehead atoms. The fraction of sp³-hybridized carbons (Fsp3) is 0.364. The van der Waals surface area contributed by atoms with Crippen molar-refractivity contribution in [3.05, 3.63) is 27.6 Å². The summed E-state index contributed by atoms with van der Waals surface area (Å²) in [6, 6.07) is 0. The van der Waals surface area contributed by atoms with Gasteiger partial charge in [-0.25, -0.2) is 14.8 Å². The predicted octanol–water partition coefficient (Wildman–Crippen LogP) is 1.37. The Bertz CT molecular complexity index is 588. The highest BCUT2D eigenvalue weighted by Gasteiger charge is 2.19. The Morgan fingerprint density at radius 2 is 2.28 bits per heavy atom. The molecule has 0 radical (unpaired) electrons. The number of esters is 1. The minimum Gasteiger partial charge on any atom is -0.464 e. The standard InChI is InChI=1S/C11H14N4O2S/c1-6-14-9(11(16)17-3)10(12)15(6)5-8-4-13-7(2)18-8/h4H,5,12H2,1-3H3. The van der Waals surface area contributed by atoms with Crippen molar-refractivity contribution in [3.63, 3.8) is 0 Å². The molecule has 0 aliphatic heterocycles. The van der Waals surface area contributed by atoms with Gasteiger partial charge < -0.3 is 15.0 Å². The molecule has 2 rings (SSSR count). The molecule has 0 amide bonds. The van der Waals surface area contributed by atoms with Crippen LogP contribution in [-0.4, -0.2) is 27.6 Å². The molecule has 2 aromatic heterocycles. The summed E-state index contributed by atoms with van der Waals surface area (Å²) in [5.41, 5.74) is 6.08. The van der Waals surface area contributed by atoms with Gasteiger partial charge in [-0.15, -0.1) is 11.3 Å². The van der Waals surface area contributed by atoms with Gasteiger partial charge in [0, 0.05) is 11.1 Å². The summed E-state index contributed by atoms with van der Waals surface area (Å²) in [5, 5.41) is 0.995. The molecule has 2 N–H and O–H groups in total. The van der Waals surface area contributed by atoms with Crippen LogP contribution in [0.15, 0.2) is 6.20 Å². The number of aromatic nitrogens is 3. The quantitative estimate of drug-likeness (QED) is 0.848. The number of thiazole rings is 1. The van der Waals surface area contributed by atoms with Crippen LogP contribution in [0.1, 0.15) is 26.2 Å². The molecule has 0 fully saturated rings. The molecule has 2 heterocycles. The second-order valence-electron chi connectivity index (χ2n) is 3.82. The van der Waals surface area contributed by atoms with E-state index in [0.717, 1.165) is 9.88 Å². The summed E-state index contributed by atoms with van der Waals surface area (Å²) in [4.78, 5) is 20.8. The predicted molar refractivity (Wildman–Crippen MR) is 68.7 cm³/mol. The lowest BCUT2D eigenvalue weighted by Gasteiger charge is -2.05. The first-order valence-corrected chi connectivity index (χ1v) is 6.16. The first kappa shape index (κ1) is 12.6. The number of nitrogens with zero attached hydrogens (tertiary/aromatic N) is 3. The van der Waals surface area contributed by atoms with Crippen molar-refractivity contribution >= 4 is 23.1 Å². The van der Waals surface area contributed by atoms with Crippen molar-refractivity contribution in [1.29, 1.82) is 0 Å². The molecule has 96 valence electrons. The first-order chi connectivity index (χ1) is 8.52. The molecular weight excluding hydrogens is 252 g/mol. The summed E-state index contributed by atoms with van der Waals surface area (Å²) >= 11 is 1.59. The zero-order valence-electron chi connectivity index (χ0n) is 10.4. The third-order valence-electron chi connectivity index (χ3n) is 2.56. The van der Waals surface area contributed by atoms with Crippen LogP contribution in [0, 0.1) is 13.8 Å². The molecule has 0 saturated carbocycles. The van der Waals surface area contributed by atoms with Crippen molar-refractivity contribution in [2.45, 2.75) is 20.4 Å². The fourth-order valence-electron chi connectivity index (χ4n) is 1.66. The summed E-state index contributed by atoms with van der Waals surface area (Å²) in [6.45, 7) is 4.31. The fourth-order valence-corrected chi connectivity index (χ4v) is 2.45. The van der Waals surface area contributed by atoms with E-state index in [1.807, 2.05) is 6.92 Å². The molecule has 0 saturated heterocycles. The first-order valence-electron chi connectivity index (χ1n) is 5.35. The molecule has 0 unspecified atom stereocenters. The van der Waals surface area contributed by atoms with Crippen LogP contribution in [0.25, 0.3) is 0 Å². The number of imidazole rings is 1. The van der Waals surface area contributed by atoms with Gasteiger partial charge in [-0.1, -0.05) is 0 Å². The lowest BCUT2D eigenvalue weighted by molar-refractivity contribution is 0.0595. The van der Waals surface area contributed by atoms with E-state index in [9.17, 15) is 4.79 Å². The number of hydrogen-bond acceptors (Lipinski definition) is 6. The van der Waals surface area contributed by atoms with Gasteiger partial charge in [0.1, 0.15) is 11.6 Å². The number of carbonyl (C=O) groups is 1. The smallest absolute Gasteiger partial charge is 0.360 e. The second kappa shape index (κ2) is 4.77. The largest absolute Gasteiger partial charge is 0.464 e. The lowest BCUT2D eigenvalue weighted by atomic mass is 10.4. The number of rotatable bonds is 3. The monoisotopic (exact) mass is 266 g/mol. The van der Waals surface area contributed by atoms with Crippen molar-refractivity contribution in [2.75, 3.05) is 12.8 Å². The topological polar surface area (TPSA) is 83.0 Å². The number of methoxy groups -OCH3 is 1. The van der Waals surface area contributed by atoms with Crippen LogP contribution in [-0.2, 0) is 11.3 Å². The highest BCUT2D eigenvalue weighted by atomic mass is 32.1. The van der Waals surface area contributed by atoms with Gasteiger partial charge in [-0.2, -0.15) is 0 Å². The molecule has 0 aliphatic rings. The molecule has 18 heavy (non-hydrogen) atoms. The maximum Gasteiger partial charge on any atom is 0.360 e. The molecule has 0 spiro atoms. The molecule has 0 aromatic carbocycles. The van der Waals surface area contributed by atoms with Gasteiger partial charge in [0.05, 0.1) is 18.7 Å². The molecule has 0 aliphatic carbocycles. The van der Waals surface area contributed by atoms with Gasteiger partial charge in [0.15, 0.2) is 5.69 Å². The number of nitrogens with two attached hydrogens (primary N) is 1. The Kier molecular flexibility index (Phi) is 3.33. The van der Waals surface area contributed by atoms with Crippen molar-refractivity contribution in [1.82, 2.24) is 14.5 Å². The van der Waals surface area contributed by atoms with E-state index in [1.54, 1.807) is 29.0 Å². The van der Waals surface area contributed by atoms with E-state index in [0.29, 0.717) is 18.2 Å². The van der Waals surface area contributed by atoms with E-state index < -0.39 is 5.97 Å². The average Bonchev–Trinajstić information content (AvgIpc) is 2.87. The second-order valence-corrected chi connectivity index (χ2v) is 5.14. The van der Waals surface area contributed by atoms with Crippen LogP contribution in [0.3, 0.4) is 0 Å². The van der Waals surface area contributed by atoms with Crippen molar-refractivity contribution < 1.29 is 9.53 Å². The van der Waals surface area contributed by atoms with Crippen LogP contribution >= 0.6 is 11.3 Å². The third-order valence-corrected chi connectivity index (χ3v) is 3.46. The van der Waals surface area contributed by atoms with E-state index in [4.69, 9.17) is 5.73 Å². The molecule has 6 nitrogen and oxygen atoms in total. The number of carbonyl (C=O) groups excluding carboxylic acids is 1. The van der Waals surface area contributed by atoms with Crippen molar-refractivity contribution in [3.8, 4) is 0 Å². The summed E-state index contributed by atoms with van der Waals surface area (Å²) in [6.07, 6.45) is 1.80. The number of aryl methyl sites for hydroxylation is 2. The summed E-state index contributed by atoms with van der Waals surface area (Å²) in [7, 11) is 1.31. The highest BCUT2D eigenvalue weighted by Crippen LogP contribution is 2.20. The van der Waals surface area contributed by atoms with Crippen LogP contribution < -0.4 is 5.73 Å². The minimum absolute atomic E-state index is 0.163. The Hall–Kier alpha value is -1.89. The average molecular weight is 266 g/mol. The van der Waals surface area contributed by atoms with E-state index in [-0.39, 0.29) is 5.69 Å². The number of anilines is 1. The van der Waals surface area contributed by atoms with Gasteiger partial charge in [0.2, 0.25) is 0 Å². The van der Waals surface area contributed by atoms with Gasteiger partial charge >= 0.3 is 5.97 Å². The molecule has 7 heteroatoms. The number of hydrogen-bond donors (Lipinski definition) is 1. The normalized spacial score (nSPS) is 10.6. The summed E-state index contributed by atoms with van der Waals surface area (Å²) in [5.74, 6) is 0.485. The maximum absolute atomic E-state index is 11.5. The lowest BCUT2D eigenvalue weighted by Crippen LogP contribution is -2.09. The third kappa shape index (κ3) is 2.21. The zero-order chi connectivity index (χ0) is 13.3. The zero-order valence-corrected chi connectivity index (χ0v) is 11.2. The Morgan fingerprint density at radius 3 is 2.83 bits per heavy atom. The van der Waals surface area contributed by atoms with E-state index >= 15 is 0 Å².